The zero-order chi connectivity index (χ0) is 15.2. The smallest absolute Gasteiger partial charge is 0.245 e. The van der Waals surface area contributed by atoms with Gasteiger partial charge in [-0.1, -0.05) is 36.4 Å². The summed E-state index contributed by atoms with van der Waals surface area (Å²) in [5.41, 5.74) is 3.23. The van der Waals surface area contributed by atoms with Crippen molar-refractivity contribution in [1.29, 1.82) is 0 Å². The summed E-state index contributed by atoms with van der Waals surface area (Å²) in [5, 5.41) is -0.494. The van der Waals surface area contributed by atoms with E-state index in [1.54, 1.807) is 6.08 Å². The van der Waals surface area contributed by atoms with Gasteiger partial charge in [-0.25, -0.2) is 0 Å². The largest absolute Gasteiger partial charge is 0.488 e. The van der Waals surface area contributed by atoms with Crippen molar-refractivity contribution in [3.8, 4) is 5.75 Å². The number of rotatable bonds is 5. The fourth-order valence-electron chi connectivity index (χ4n) is 1.83. The SMILES string of the molecule is Cc1ccccc1COc1ccc(/C=C/C(=O)Cl)cc1Br. The van der Waals surface area contributed by atoms with Crippen LogP contribution in [0.4, 0.5) is 0 Å². The van der Waals surface area contributed by atoms with E-state index >= 15 is 0 Å². The van der Waals surface area contributed by atoms with E-state index in [4.69, 9.17) is 16.3 Å². The van der Waals surface area contributed by atoms with Crippen molar-refractivity contribution in [2.45, 2.75) is 13.5 Å². The Morgan fingerprint density at radius 1 is 1.29 bits per heavy atom. The van der Waals surface area contributed by atoms with Crippen LogP contribution in [-0.2, 0) is 11.4 Å². The fourth-order valence-corrected chi connectivity index (χ4v) is 2.40. The average molecular weight is 366 g/mol. The van der Waals surface area contributed by atoms with Crippen LogP contribution >= 0.6 is 27.5 Å². The maximum absolute atomic E-state index is 10.7. The summed E-state index contributed by atoms with van der Waals surface area (Å²) in [6, 6.07) is 13.7. The summed E-state index contributed by atoms with van der Waals surface area (Å²) < 4.78 is 6.65. The Hall–Kier alpha value is -1.58. The van der Waals surface area contributed by atoms with Crippen LogP contribution in [-0.4, -0.2) is 5.24 Å². The van der Waals surface area contributed by atoms with Gasteiger partial charge in [0.25, 0.3) is 0 Å². The molecule has 0 spiro atoms. The standard InChI is InChI=1S/C17H14BrClO2/c1-12-4-2-3-5-14(12)11-21-16-8-6-13(10-15(16)18)7-9-17(19)20/h2-10H,11H2,1H3/b9-7+. The molecule has 2 aromatic carbocycles. The number of aryl methyl sites for hydroxylation is 1. The van der Waals surface area contributed by atoms with Gasteiger partial charge >= 0.3 is 0 Å². The maximum atomic E-state index is 10.7. The lowest BCUT2D eigenvalue weighted by atomic mass is 10.1. The van der Waals surface area contributed by atoms with Gasteiger partial charge in [-0.15, -0.1) is 0 Å². The van der Waals surface area contributed by atoms with Crippen LogP contribution in [0, 0.1) is 6.92 Å². The lowest BCUT2D eigenvalue weighted by Crippen LogP contribution is -1.98. The zero-order valence-corrected chi connectivity index (χ0v) is 13.8. The van der Waals surface area contributed by atoms with Crippen molar-refractivity contribution in [2.75, 3.05) is 0 Å². The highest BCUT2D eigenvalue weighted by molar-refractivity contribution is 9.10. The minimum atomic E-state index is -0.494. The molecule has 0 aliphatic carbocycles. The molecule has 0 fully saturated rings. The van der Waals surface area contributed by atoms with Crippen LogP contribution in [0.2, 0.25) is 0 Å². The second-order valence-corrected chi connectivity index (χ2v) is 5.77. The Labute approximate surface area is 137 Å². The van der Waals surface area contributed by atoms with Crippen molar-refractivity contribution >= 4 is 38.8 Å². The topological polar surface area (TPSA) is 26.3 Å². The fraction of sp³-hybridized carbons (Fsp3) is 0.118. The molecule has 0 aliphatic rings. The van der Waals surface area contributed by atoms with Gasteiger partial charge in [-0.2, -0.15) is 0 Å². The van der Waals surface area contributed by atoms with Gasteiger partial charge in [-0.3, -0.25) is 4.79 Å². The number of allylic oxidation sites excluding steroid dienone is 1. The summed E-state index contributed by atoms with van der Waals surface area (Å²) in [6.07, 6.45) is 2.97. The molecule has 4 heteroatoms. The molecule has 0 unspecified atom stereocenters. The highest BCUT2D eigenvalue weighted by atomic mass is 79.9. The maximum Gasteiger partial charge on any atom is 0.245 e. The molecule has 0 radical (unpaired) electrons. The molecule has 0 amide bonds. The Morgan fingerprint density at radius 2 is 2.05 bits per heavy atom. The monoisotopic (exact) mass is 364 g/mol. The summed E-state index contributed by atoms with van der Waals surface area (Å²) in [7, 11) is 0. The average Bonchev–Trinajstić information content (AvgIpc) is 2.45. The summed E-state index contributed by atoms with van der Waals surface area (Å²) in [4.78, 5) is 10.7. The Morgan fingerprint density at radius 3 is 2.71 bits per heavy atom. The number of carbonyl (C=O) groups is 1. The summed E-state index contributed by atoms with van der Waals surface area (Å²) in [6.45, 7) is 2.57. The predicted molar refractivity (Wildman–Crippen MR) is 89.5 cm³/mol. The van der Waals surface area contributed by atoms with E-state index in [2.05, 4.69) is 28.9 Å². The third-order valence-electron chi connectivity index (χ3n) is 3.01. The number of hydrogen-bond acceptors (Lipinski definition) is 2. The molecule has 21 heavy (non-hydrogen) atoms. The first-order valence-corrected chi connectivity index (χ1v) is 7.58. The van der Waals surface area contributed by atoms with Gasteiger partial charge in [0.1, 0.15) is 12.4 Å². The second-order valence-electron chi connectivity index (χ2n) is 4.54. The quantitative estimate of drug-likeness (QED) is 0.543. The molecule has 2 nitrogen and oxygen atoms in total. The van der Waals surface area contributed by atoms with E-state index in [1.165, 1.54) is 11.6 Å². The molecule has 0 aliphatic heterocycles. The van der Waals surface area contributed by atoms with Gasteiger partial charge in [-0.05, 0) is 69.4 Å². The molecule has 108 valence electrons. The van der Waals surface area contributed by atoms with E-state index in [0.717, 1.165) is 21.3 Å². The van der Waals surface area contributed by atoms with E-state index < -0.39 is 5.24 Å². The molecule has 0 heterocycles. The van der Waals surface area contributed by atoms with Crippen LogP contribution in [0.5, 0.6) is 5.75 Å². The number of halogens is 2. The van der Waals surface area contributed by atoms with E-state index in [1.807, 2.05) is 36.4 Å². The molecule has 0 bridgehead atoms. The second kappa shape index (κ2) is 7.43. The van der Waals surface area contributed by atoms with Gasteiger partial charge in [0.15, 0.2) is 0 Å². The first-order valence-electron chi connectivity index (χ1n) is 6.40. The first-order chi connectivity index (χ1) is 10.1. The lowest BCUT2D eigenvalue weighted by molar-refractivity contribution is -0.107. The predicted octanol–water partition coefficient (Wildman–Crippen LogP) is 5.12. The van der Waals surface area contributed by atoms with E-state index in [-0.39, 0.29) is 0 Å². The van der Waals surface area contributed by atoms with Crippen molar-refractivity contribution in [2.24, 2.45) is 0 Å². The third-order valence-corrected chi connectivity index (χ3v) is 3.75. The molecular formula is C17H14BrClO2. The third kappa shape index (κ3) is 4.73. The summed E-state index contributed by atoms with van der Waals surface area (Å²) >= 11 is 8.74. The molecule has 0 saturated carbocycles. The molecule has 0 aromatic heterocycles. The highest BCUT2D eigenvalue weighted by Gasteiger charge is 2.04. The van der Waals surface area contributed by atoms with Crippen LogP contribution in [0.1, 0.15) is 16.7 Å². The van der Waals surface area contributed by atoms with Crippen LogP contribution in [0.25, 0.3) is 6.08 Å². The van der Waals surface area contributed by atoms with Crippen molar-refractivity contribution in [3.63, 3.8) is 0 Å². The van der Waals surface area contributed by atoms with E-state index in [9.17, 15) is 4.79 Å². The van der Waals surface area contributed by atoms with Crippen LogP contribution in [0.15, 0.2) is 53.0 Å². The van der Waals surface area contributed by atoms with Crippen LogP contribution in [0.3, 0.4) is 0 Å². The van der Waals surface area contributed by atoms with Gasteiger partial charge < -0.3 is 4.74 Å². The summed E-state index contributed by atoms with van der Waals surface area (Å²) in [5.74, 6) is 0.757. The first kappa shape index (κ1) is 15.8. The van der Waals surface area contributed by atoms with Crippen molar-refractivity contribution in [3.05, 3.63) is 69.7 Å². The molecule has 0 saturated heterocycles. The molecule has 2 aromatic rings. The normalized spacial score (nSPS) is 10.8. The Kier molecular flexibility index (Phi) is 5.59. The van der Waals surface area contributed by atoms with Gasteiger partial charge in [0.2, 0.25) is 5.24 Å². The Bertz CT molecular complexity index is 680. The minimum absolute atomic E-state index is 0.494. The van der Waals surface area contributed by atoms with Gasteiger partial charge in [0, 0.05) is 0 Å². The lowest BCUT2D eigenvalue weighted by Gasteiger charge is -2.10. The number of ether oxygens (including phenoxy) is 1. The molecule has 0 N–H and O–H groups in total. The highest BCUT2D eigenvalue weighted by Crippen LogP contribution is 2.27. The number of hydrogen-bond donors (Lipinski definition) is 0. The van der Waals surface area contributed by atoms with E-state index in [0.29, 0.717) is 6.61 Å². The number of benzene rings is 2. The van der Waals surface area contributed by atoms with Gasteiger partial charge in [0.05, 0.1) is 4.47 Å². The Balaban J connectivity index is 2.08. The van der Waals surface area contributed by atoms with Crippen molar-refractivity contribution < 1.29 is 9.53 Å². The molecular weight excluding hydrogens is 352 g/mol. The number of carbonyl (C=O) groups excluding carboxylic acids is 1. The molecule has 0 atom stereocenters. The minimum Gasteiger partial charge on any atom is -0.488 e. The zero-order valence-electron chi connectivity index (χ0n) is 11.5. The molecule has 2 rings (SSSR count). The van der Waals surface area contributed by atoms with Crippen LogP contribution < -0.4 is 4.74 Å². The van der Waals surface area contributed by atoms with Crippen molar-refractivity contribution in [1.82, 2.24) is 0 Å².